The minimum Gasteiger partial charge on any atom is -0.354 e. The van der Waals surface area contributed by atoms with Gasteiger partial charge < -0.3 is 10.6 Å². The number of hydrogen-bond acceptors (Lipinski definition) is 4. The molecule has 0 fully saturated rings. The molecule has 1 heterocycles. The molecule has 0 atom stereocenters. The maximum Gasteiger partial charge on any atom is 0.224 e. The molecular weight excluding hydrogens is 236 g/mol. The van der Waals surface area contributed by atoms with E-state index < -0.39 is 0 Å². The summed E-state index contributed by atoms with van der Waals surface area (Å²) in [5, 5.41) is 6.53. The topological polar surface area (TPSA) is 49.8 Å². The van der Waals surface area contributed by atoms with Crippen LogP contribution >= 0.6 is 0 Å². The Hall–Kier alpha value is -2.10. The van der Waals surface area contributed by atoms with E-state index in [1.165, 1.54) is 0 Å². The van der Waals surface area contributed by atoms with Crippen LogP contribution in [0.25, 0.3) is 0 Å². The van der Waals surface area contributed by atoms with Crippen molar-refractivity contribution in [2.24, 2.45) is 5.92 Å². The molecule has 1 aromatic carbocycles. The zero-order valence-corrected chi connectivity index (χ0v) is 11.6. The Labute approximate surface area is 114 Å². The minimum absolute atomic E-state index is 0.564. The first-order chi connectivity index (χ1) is 9.13. The van der Waals surface area contributed by atoms with Crippen LogP contribution in [0.5, 0.6) is 0 Å². The fraction of sp³-hybridized carbons (Fsp3) is 0.333. The summed E-state index contributed by atoms with van der Waals surface area (Å²) in [5.41, 5.74) is 1.97. The molecule has 0 aliphatic heterocycles. The first-order valence-electron chi connectivity index (χ1n) is 6.55. The lowest BCUT2D eigenvalue weighted by atomic mass is 10.2. The standard InChI is InChI=1S/C15H20N4/c1-11(2)10-16-15-17-12(3)9-14(19-15)18-13-7-5-4-6-8-13/h4-9,11H,10H2,1-3H3,(H2,16,17,18,19). The molecule has 2 rings (SSSR count). The van der Waals surface area contributed by atoms with Gasteiger partial charge in [-0.05, 0) is 25.0 Å². The van der Waals surface area contributed by atoms with Crippen molar-refractivity contribution in [1.82, 2.24) is 9.97 Å². The second-order valence-corrected chi connectivity index (χ2v) is 4.98. The van der Waals surface area contributed by atoms with Gasteiger partial charge in [-0.15, -0.1) is 0 Å². The zero-order valence-electron chi connectivity index (χ0n) is 11.6. The third-order valence-electron chi connectivity index (χ3n) is 2.57. The number of aromatic nitrogens is 2. The second kappa shape index (κ2) is 6.18. The lowest BCUT2D eigenvalue weighted by Gasteiger charge is -2.11. The van der Waals surface area contributed by atoms with E-state index in [9.17, 15) is 0 Å². The Bertz CT molecular complexity index is 523. The molecule has 0 aliphatic rings. The van der Waals surface area contributed by atoms with Gasteiger partial charge in [-0.2, -0.15) is 4.98 Å². The van der Waals surface area contributed by atoms with Gasteiger partial charge >= 0.3 is 0 Å². The summed E-state index contributed by atoms with van der Waals surface area (Å²) in [4.78, 5) is 8.85. The quantitative estimate of drug-likeness (QED) is 0.858. The second-order valence-electron chi connectivity index (χ2n) is 4.98. The number of aryl methyl sites for hydroxylation is 1. The van der Waals surface area contributed by atoms with Crippen molar-refractivity contribution in [3.63, 3.8) is 0 Å². The van der Waals surface area contributed by atoms with Gasteiger partial charge in [0.25, 0.3) is 0 Å². The summed E-state index contributed by atoms with van der Waals surface area (Å²) < 4.78 is 0. The SMILES string of the molecule is Cc1cc(Nc2ccccc2)nc(NCC(C)C)n1. The number of nitrogens with zero attached hydrogens (tertiary/aromatic N) is 2. The van der Waals surface area contributed by atoms with Crippen molar-refractivity contribution in [2.75, 3.05) is 17.2 Å². The molecule has 4 nitrogen and oxygen atoms in total. The van der Waals surface area contributed by atoms with Crippen LogP contribution in [0.2, 0.25) is 0 Å². The van der Waals surface area contributed by atoms with E-state index in [2.05, 4.69) is 34.4 Å². The maximum atomic E-state index is 4.47. The lowest BCUT2D eigenvalue weighted by Crippen LogP contribution is -2.11. The number of hydrogen-bond donors (Lipinski definition) is 2. The highest BCUT2D eigenvalue weighted by Crippen LogP contribution is 2.16. The van der Waals surface area contributed by atoms with Crippen LogP contribution in [0.1, 0.15) is 19.5 Å². The summed E-state index contributed by atoms with van der Waals surface area (Å²) in [6.45, 7) is 7.16. The molecule has 0 radical (unpaired) electrons. The van der Waals surface area contributed by atoms with Crippen LogP contribution in [0.15, 0.2) is 36.4 Å². The van der Waals surface area contributed by atoms with Gasteiger partial charge in [0.15, 0.2) is 0 Å². The number of nitrogens with one attached hydrogen (secondary N) is 2. The van der Waals surface area contributed by atoms with Crippen molar-refractivity contribution in [1.29, 1.82) is 0 Å². The summed E-state index contributed by atoms with van der Waals surface area (Å²) >= 11 is 0. The zero-order chi connectivity index (χ0) is 13.7. The van der Waals surface area contributed by atoms with E-state index >= 15 is 0 Å². The smallest absolute Gasteiger partial charge is 0.224 e. The third kappa shape index (κ3) is 4.25. The van der Waals surface area contributed by atoms with Gasteiger partial charge in [0.1, 0.15) is 5.82 Å². The maximum absolute atomic E-state index is 4.47. The molecule has 4 heteroatoms. The summed E-state index contributed by atoms with van der Waals surface area (Å²) in [6.07, 6.45) is 0. The minimum atomic E-state index is 0.564. The first kappa shape index (κ1) is 13.3. The molecule has 2 aromatic rings. The predicted molar refractivity (Wildman–Crippen MR) is 79.8 cm³/mol. The van der Waals surface area contributed by atoms with E-state index in [1.54, 1.807) is 0 Å². The molecule has 0 saturated heterocycles. The number of benzene rings is 1. The molecule has 1 aromatic heterocycles. The number of para-hydroxylation sites is 1. The van der Waals surface area contributed by atoms with Gasteiger partial charge in [0.05, 0.1) is 0 Å². The molecule has 2 N–H and O–H groups in total. The lowest BCUT2D eigenvalue weighted by molar-refractivity contribution is 0.684. The van der Waals surface area contributed by atoms with Gasteiger partial charge in [0, 0.05) is 24.0 Å². The molecule has 0 spiro atoms. The van der Waals surface area contributed by atoms with E-state index in [0.29, 0.717) is 11.9 Å². The van der Waals surface area contributed by atoms with Crippen LogP contribution in [-0.2, 0) is 0 Å². The number of rotatable bonds is 5. The van der Waals surface area contributed by atoms with Crippen molar-refractivity contribution in [3.05, 3.63) is 42.1 Å². The Morgan fingerprint density at radius 2 is 1.84 bits per heavy atom. The predicted octanol–water partition coefficient (Wildman–Crippen LogP) is 3.60. The van der Waals surface area contributed by atoms with Crippen LogP contribution in [0.3, 0.4) is 0 Å². The first-order valence-corrected chi connectivity index (χ1v) is 6.55. The van der Waals surface area contributed by atoms with Crippen LogP contribution in [-0.4, -0.2) is 16.5 Å². The van der Waals surface area contributed by atoms with E-state index in [0.717, 1.165) is 23.7 Å². The summed E-state index contributed by atoms with van der Waals surface area (Å²) in [6, 6.07) is 11.9. The van der Waals surface area contributed by atoms with Crippen molar-refractivity contribution < 1.29 is 0 Å². The van der Waals surface area contributed by atoms with Crippen LogP contribution < -0.4 is 10.6 Å². The Kier molecular flexibility index (Phi) is 4.34. The fourth-order valence-electron chi connectivity index (χ4n) is 1.68. The monoisotopic (exact) mass is 256 g/mol. The van der Waals surface area contributed by atoms with Gasteiger partial charge in [-0.1, -0.05) is 32.0 Å². The van der Waals surface area contributed by atoms with Crippen LogP contribution in [0.4, 0.5) is 17.5 Å². The molecule has 0 aliphatic carbocycles. The normalized spacial score (nSPS) is 10.5. The highest BCUT2D eigenvalue weighted by Gasteiger charge is 2.03. The molecule has 0 saturated carbocycles. The van der Waals surface area contributed by atoms with Crippen molar-refractivity contribution >= 4 is 17.5 Å². The molecule has 100 valence electrons. The highest BCUT2D eigenvalue weighted by atomic mass is 15.1. The molecule has 0 amide bonds. The summed E-state index contributed by atoms with van der Waals surface area (Å²) in [7, 11) is 0. The average molecular weight is 256 g/mol. The Balaban J connectivity index is 2.12. The largest absolute Gasteiger partial charge is 0.354 e. The molecule has 0 unspecified atom stereocenters. The van der Waals surface area contributed by atoms with Gasteiger partial charge in [-0.3, -0.25) is 0 Å². The van der Waals surface area contributed by atoms with Gasteiger partial charge in [-0.25, -0.2) is 4.98 Å². The average Bonchev–Trinajstić information content (AvgIpc) is 2.37. The Morgan fingerprint density at radius 1 is 1.11 bits per heavy atom. The van der Waals surface area contributed by atoms with E-state index in [1.807, 2.05) is 43.3 Å². The van der Waals surface area contributed by atoms with E-state index in [-0.39, 0.29) is 0 Å². The number of anilines is 3. The fourth-order valence-corrected chi connectivity index (χ4v) is 1.68. The molecule has 19 heavy (non-hydrogen) atoms. The highest BCUT2D eigenvalue weighted by molar-refractivity contribution is 5.57. The Morgan fingerprint density at radius 3 is 2.53 bits per heavy atom. The van der Waals surface area contributed by atoms with Gasteiger partial charge in [0.2, 0.25) is 5.95 Å². The molecular formula is C15H20N4. The molecule has 0 bridgehead atoms. The van der Waals surface area contributed by atoms with E-state index in [4.69, 9.17) is 0 Å². The van der Waals surface area contributed by atoms with Crippen molar-refractivity contribution in [2.45, 2.75) is 20.8 Å². The van der Waals surface area contributed by atoms with Crippen molar-refractivity contribution in [3.8, 4) is 0 Å². The van der Waals surface area contributed by atoms with Crippen LogP contribution in [0, 0.1) is 12.8 Å². The third-order valence-corrected chi connectivity index (χ3v) is 2.57. The summed E-state index contributed by atoms with van der Waals surface area (Å²) in [5.74, 6) is 2.05.